The molecule has 0 spiro atoms. The maximum absolute atomic E-state index is 12.9. The van der Waals surface area contributed by atoms with Crippen molar-refractivity contribution in [2.45, 2.75) is 161 Å². The SMILES string of the molecule is CCCCCCCCCCCCN(C(=O)CCCCCCCCCCC)C(CCC(=O)O)C(=O)O. The summed E-state index contributed by atoms with van der Waals surface area (Å²) in [5, 5.41) is 18.7. The van der Waals surface area contributed by atoms with Crippen molar-refractivity contribution in [3.63, 3.8) is 0 Å². The molecule has 0 radical (unpaired) electrons. The van der Waals surface area contributed by atoms with E-state index in [4.69, 9.17) is 5.11 Å². The van der Waals surface area contributed by atoms with E-state index in [-0.39, 0.29) is 18.7 Å². The number of carboxylic acids is 2. The van der Waals surface area contributed by atoms with Gasteiger partial charge in [-0.3, -0.25) is 9.59 Å². The minimum atomic E-state index is -1.10. The molecule has 0 aromatic rings. The fourth-order valence-electron chi connectivity index (χ4n) is 4.63. The first-order valence-electron chi connectivity index (χ1n) is 14.7. The van der Waals surface area contributed by atoms with E-state index in [1.165, 1.54) is 88.4 Å². The van der Waals surface area contributed by atoms with Crippen LogP contribution in [0.1, 0.15) is 155 Å². The molecule has 0 fully saturated rings. The third-order valence-corrected chi connectivity index (χ3v) is 6.86. The van der Waals surface area contributed by atoms with E-state index >= 15 is 0 Å². The lowest BCUT2D eigenvalue weighted by atomic mass is 10.0. The molecule has 1 unspecified atom stereocenters. The number of hydrogen-bond acceptors (Lipinski definition) is 3. The number of rotatable bonds is 26. The first-order valence-corrected chi connectivity index (χ1v) is 14.7. The monoisotopic (exact) mass is 497 g/mol. The van der Waals surface area contributed by atoms with Gasteiger partial charge in [-0.2, -0.15) is 0 Å². The van der Waals surface area contributed by atoms with Crippen LogP contribution >= 0.6 is 0 Å². The van der Waals surface area contributed by atoms with E-state index in [1.54, 1.807) is 0 Å². The van der Waals surface area contributed by atoms with Gasteiger partial charge in [-0.05, 0) is 19.3 Å². The number of carboxylic acid groups (broad SMARTS) is 2. The Morgan fingerprint density at radius 1 is 0.571 bits per heavy atom. The first-order chi connectivity index (χ1) is 16.9. The highest BCUT2D eigenvalue weighted by Crippen LogP contribution is 2.17. The van der Waals surface area contributed by atoms with Gasteiger partial charge in [0.1, 0.15) is 6.04 Å². The molecule has 0 aliphatic heterocycles. The molecule has 0 saturated carbocycles. The molecule has 0 rings (SSSR count). The smallest absolute Gasteiger partial charge is 0.326 e. The molecular formula is C29H55NO5. The Hall–Kier alpha value is -1.59. The average Bonchev–Trinajstić information content (AvgIpc) is 2.82. The molecule has 6 heteroatoms. The largest absolute Gasteiger partial charge is 0.481 e. The lowest BCUT2D eigenvalue weighted by molar-refractivity contribution is -0.151. The predicted octanol–water partition coefficient (Wildman–Crippen LogP) is 7.97. The summed E-state index contributed by atoms with van der Waals surface area (Å²) in [5.41, 5.74) is 0. The van der Waals surface area contributed by atoms with Gasteiger partial charge in [0.2, 0.25) is 5.91 Å². The van der Waals surface area contributed by atoms with Gasteiger partial charge in [0.25, 0.3) is 0 Å². The fourth-order valence-corrected chi connectivity index (χ4v) is 4.63. The number of carbonyl (C=O) groups is 3. The fraction of sp³-hybridized carbons (Fsp3) is 0.897. The van der Waals surface area contributed by atoms with Crippen LogP contribution in [0.3, 0.4) is 0 Å². The number of aliphatic carboxylic acids is 2. The molecule has 6 nitrogen and oxygen atoms in total. The number of amides is 1. The van der Waals surface area contributed by atoms with Crippen LogP contribution in [-0.4, -0.2) is 45.5 Å². The van der Waals surface area contributed by atoms with E-state index in [1.807, 2.05) is 0 Å². The summed E-state index contributed by atoms with van der Waals surface area (Å²) in [7, 11) is 0. The molecule has 2 N–H and O–H groups in total. The van der Waals surface area contributed by atoms with Crippen LogP contribution in [0.5, 0.6) is 0 Å². The molecule has 0 saturated heterocycles. The molecular weight excluding hydrogens is 442 g/mol. The Balaban J connectivity index is 4.44. The molecule has 0 bridgehead atoms. The summed E-state index contributed by atoms with van der Waals surface area (Å²) in [6.45, 7) is 4.85. The quantitative estimate of drug-likeness (QED) is 0.118. The molecule has 206 valence electrons. The summed E-state index contributed by atoms with van der Waals surface area (Å²) in [5.74, 6) is -2.26. The Morgan fingerprint density at radius 3 is 1.37 bits per heavy atom. The van der Waals surface area contributed by atoms with E-state index in [0.29, 0.717) is 13.0 Å². The second-order valence-corrected chi connectivity index (χ2v) is 10.1. The molecule has 1 atom stereocenters. The number of carbonyl (C=O) groups excluding carboxylic acids is 1. The number of unbranched alkanes of at least 4 members (excludes halogenated alkanes) is 17. The van der Waals surface area contributed by atoms with Gasteiger partial charge < -0.3 is 15.1 Å². The van der Waals surface area contributed by atoms with Crippen LogP contribution in [0.4, 0.5) is 0 Å². The van der Waals surface area contributed by atoms with Gasteiger partial charge in [-0.15, -0.1) is 0 Å². The molecule has 35 heavy (non-hydrogen) atoms. The van der Waals surface area contributed by atoms with Crippen LogP contribution in [0.15, 0.2) is 0 Å². The minimum absolute atomic E-state index is 0.0358. The normalized spacial score (nSPS) is 11.9. The Labute approximate surface area is 215 Å². The maximum atomic E-state index is 12.9. The van der Waals surface area contributed by atoms with Crippen molar-refractivity contribution in [3.05, 3.63) is 0 Å². The summed E-state index contributed by atoms with van der Waals surface area (Å²) in [4.78, 5) is 37.3. The van der Waals surface area contributed by atoms with Gasteiger partial charge >= 0.3 is 11.9 Å². The topological polar surface area (TPSA) is 94.9 Å². The van der Waals surface area contributed by atoms with Crippen molar-refractivity contribution in [2.75, 3.05) is 6.54 Å². The first kappa shape index (κ1) is 33.4. The van der Waals surface area contributed by atoms with Gasteiger partial charge in [0.05, 0.1) is 0 Å². The molecule has 0 aromatic heterocycles. The second kappa shape index (κ2) is 24.1. The van der Waals surface area contributed by atoms with Crippen LogP contribution in [0, 0.1) is 0 Å². The minimum Gasteiger partial charge on any atom is -0.481 e. The zero-order chi connectivity index (χ0) is 26.2. The van der Waals surface area contributed by atoms with E-state index < -0.39 is 18.0 Å². The molecule has 0 aromatic carbocycles. The number of hydrogen-bond donors (Lipinski definition) is 2. The van der Waals surface area contributed by atoms with Gasteiger partial charge in [0.15, 0.2) is 0 Å². The van der Waals surface area contributed by atoms with E-state index in [9.17, 15) is 19.5 Å². The lowest BCUT2D eigenvalue weighted by Crippen LogP contribution is -2.45. The zero-order valence-corrected chi connectivity index (χ0v) is 22.9. The average molecular weight is 498 g/mol. The standard InChI is InChI=1S/C29H55NO5/c1-3-5-7-9-11-13-15-17-19-21-25-30(26(29(34)35)23-24-28(32)33)27(31)22-20-18-16-14-12-10-8-6-4-2/h26H,3-25H2,1-2H3,(H,32,33)(H,34,35). The zero-order valence-electron chi connectivity index (χ0n) is 22.9. The Bertz CT molecular complexity index is 537. The summed E-state index contributed by atoms with van der Waals surface area (Å²) < 4.78 is 0. The summed E-state index contributed by atoms with van der Waals surface area (Å²) >= 11 is 0. The van der Waals surface area contributed by atoms with Gasteiger partial charge in [-0.1, -0.05) is 123 Å². The highest BCUT2D eigenvalue weighted by Gasteiger charge is 2.29. The van der Waals surface area contributed by atoms with Crippen molar-refractivity contribution in [1.29, 1.82) is 0 Å². The van der Waals surface area contributed by atoms with Crippen LogP contribution in [0.2, 0.25) is 0 Å². The van der Waals surface area contributed by atoms with Crippen molar-refractivity contribution in [3.8, 4) is 0 Å². The van der Waals surface area contributed by atoms with Crippen molar-refractivity contribution >= 4 is 17.8 Å². The van der Waals surface area contributed by atoms with E-state index in [2.05, 4.69) is 13.8 Å². The van der Waals surface area contributed by atoms with Crippen molar-refractivity contribution < 1.29 is 24.6 Å². The van der Waals surface area contributed by atoms with Crippen molar-refractivity contribution in [1.82, 2.24) is 4.90 Å². The van der Waals surface area contributed by atoms with Crippen molar-refractivity contribution in [2.24, 2.45) is 0 Å². The molecule has 0 heterocycles. The molecule has 0 aliphatic carbocycles. The second-order valence-electron chi connectivity index (χ2n) is 10.1. The Kier molecular flexibility index (Phi) is 23.0. The molecule has 0 aliphatic rings. The van der Waals surface area contributed by atoms with Crippen LogP contribution < -0.4 is 0 Å². The third kappa shape index (κ3) is 20.3. The van der Waals surface area contributed by atoms with Gasteiger partial charge in [0, 0.05) is 19.4 Å². The maximum Gasteiger partial charge on any atom is 0.326 e. The number of nitrogens with zero attached hydrogens (tertiary/aromatic N) is 1. The summed E-state index contributed by atoms with van der Waals surface area (Å²) in [6, 6.07) is -1.05. The predicted molar refractivity (Wildman–Crippen MR) is 144 cm³/mol. The Morgan fingerprint density at radius 2 is 0.971 bits per heavy atom. The third-order valence-electron chi connectivity index (χ3n) is 6.86. The highest BCUT2D eigenvalue weighted by molar-refractivity contribution is 5.84. The van der Waals surface area contributed by atoms with Crippen LogP contribution in [0.25, 0.3) is 0 Å². The van der Waals surface area contributed by atoms with Gasteiger partial charge in [-0.25, -0.2) is 4.79 Å². The van der Waals surface area contributed by atoms with Crippen LogP contribution in [-0.2, 0) is 14.4 Å². The summed E-state index contributed by atoms with van der Waals surface area (Å²) in [6.07, 6.45) is 22.3. The lowest BCUT2D eigenvalue weighted by Gasteiger charge is -2.29. The van der Waals surface area contributed by atoms with E-state index in [0.717, 1.165) is 38.5 Å². The highest BCUT2D eigenvalue weighted by atomic mass is 16.4. The molecule has 1 amide bonds.